The molecule has 0 bridgehead atoms. The highest BCUT2D eigenvalue weighted by atomic mass is 19.1. The van der Waals surface area contributed by atoms with Gasteiger partial charge < -0.3 is 15.5 Å². The first-order valence-electron chi connectivity index (χ1n) is 8.94. The maximum atomic E-state index is 13.2. The van der Waals surface area contributed by atoms with Gasteiger partial charge in [0.1, 0.15) is 5.82 Å². The lowest BCUT2D eigenvalue weighted by Gasteiger charge is -2.23. The van der Waals surface area contributed by atoms with Gasteiger partial charge in [-0.2, -0.15) is 0 Å². The largest absolute Gasteiger partial charge is 0.357 e. The van der Waals surface area contributed by atoms with Crippen molar-refractivity contribution in [3.05, 3.63) is 65.7 Å². The maximum Gasteiger partial charge on any atom is 0.191 e. The second kappa shape index (κ2) is 10.5. The first kappa shape index (κ1) is 19.8. The average molecular weight is 357 g/mol. The van der Waals surface area contributed by atoms with Crippen LogP contribution in [0.1, 0.15) is 24.2 Å². The molecule has 0 aliphatic carbocycles. The zero-order valence-electron chi connectivity index (χ0n) is 15.7. The van der Waals surface area contributed by atoms with E-state index in [-0.39, 0.29) is 11.9 Å². The molecule has 2 N–H and O–H groups in total. The minimum Gasteiger partial charge on any atom is -0.357 e. The third kappa shape index (κ3) is 6.44. The molecule has 2 rings (SSSR count). The van der Waals surface area contributed by atoms with Crippen LogP contribution >= 0.6 is 0 Å². The topological polar surface area (TPSA) is 52.6 Å². The van der Waals surface area contributed by atoms with Crippen molar-refractivity contribution in [1.29, 1.82) is 0 Å². The predicted octanol–water partition coefficient (Wildman–Crippen LogP) is 2.62. The maximum absolute atomic E-state index is 13.2. The Balaban J connectivity index is 1.97. The lowest BCUT2D eigenvalue weighted by atomic mass is 10.1. The Morgan fingerprint density at radius 2 is 1.92 bits per heavy atom. The standard InChI is InChI=1S/C20H28FN5/c1-4-22-20(24-14-12-18-7-5-6-13-23-18)25-15-19(26(2)3)16-8-10-17(21)11-9-16/h5-11,13,19H,4,12,14-15H2,1-3H3,(H2,22,24,25). The average Bonchev–Trinajstić information content (AvgIpc) is 2.64. The second-order valence-corrected chi connectivity index (χ2v) is 6.25. The normalized spacial score (nSPS) is 12.9. The molecule has 1 unspecified atom stereocenters. The molecule has 26 heavy (non-hydrogen) atoms. The molecule has 0 radical (unpaired) electrons. The van der Waals surface area contributed by atoms with Crippen molar-refractivity contribution in [1.82, 2.24) is 20.5 Å². The summed E-state index contributed by atoms with van der Waals surface area (Å²) < 4.78 is 13.2. The van der Waals surface area contributed by atoms with E-state index < -0.39 is 0 Å². The van der Waals surface area contributed by atoms with Gasteiger partial charge in [-0.15, -0.1) is 0 Å². The van der Waals surface area contributed by atoms with Gasteiger partial charge in [-0.1, -0.05) is 18.2 Å². The molecule has 2 aromatic rings. The van der Waals surface area contributed by atoms with E-state index in [1.165, 1.54) is 12.1 Å². The van der Waals surface area contributed by atoms with Gasteiger partial charge in [-0.25, -0.2) is 4.39 Å². The van der Waals surface area contributed by atoms with Gasteiger partial charge in [0.15, 0.2) is 5.96 Å². The van der Waals surface area contributed by atoms with Crippen LogP contribution in [0.5, 0.6) is 0 Å². The van der Waals surface area contributed by atoms with E-state index >= 15 is 0 Å². The summed E-state index contributed by atoms with van der Waals surface area (Å²) in [5, 5.41) is 6.61. The Kier molecular flexibility index (Phi) is 8.02. The molecule has 0 saturated heterocycles. The Morgan fingerprint density at radius 1 is 1.15 bits per heavy atom. The molecule has 1 aromatic heterocycles. The lowest BCUT2D eigenvalue weighted by Crippen LogP contribution is -2.39. The van der Waals surface area contributed by atoms with Crippen LogP contribution in [0.15, 0.2) is 53.7 Å². The number of aliphatic imine (C=N–C) groups is 1. The van der Waals surface area contributed by atoms with Crippen molar-refractivity contribution in [2.45, 2.75) is 19.4 Å². The second-order valence-electron chi connectivity index (χ2n) is 6.25. The van der Waals surface area contributed by atoms with E-state index in [1.54, 1.807) is 6.20 Å². The number of nitrogens with one attached hydrogen (secondary N) is 2. The zero-order valence-corrected chi connectivity index (χ0v) is 15.7. The molecule has 140 valence electrons. The van der Waals surface area contributed by atoms with Crippen LogP contribution in [0.2, 0.25) is 0 Å². The Bertz CT molecular complexity index is 670. The number of hydrogen-bond donors (Lipinski definition) is 2. The number of benzene rings is 1. The van der Waals surface area contributed by atoms with Gasteiger partial charge in [0.05, 0.1) is 12.6 Å². The van der Waals surface area contributed by atoms with E-state index in [2.05, 4.69) is 20.5 Å². The van der Waals surface area contributed by atoms with Crippen molar-refractivity contribution < 1.29 is 4.39 Å². The minimum atomic E-state index is -0.223. The van der Waals surface area contributed by atoms with Crippen LogP contribution in [0.25, 0.3) is 0 Å². The van der Waals surface area contributed by atoms with E-state index in [9.17, 15) is 4.39 Å². The molecule has 0 fully saturated rings. The number of aromatic nitrogens is 1. The summed E-state index contributed by atoms with van der Waals surface area (Å²) in [6.07, 6.45) is 2.64. The van der Waals surface area contributed by atoms with Gasteiger partial charge in [-0.3, -0.25) is 9.98 Å². The highest BCUT2D eigenvalue weighted by Crippen LogP contribution is 2.18. The van der Waals surface area contributed by atoms with Crippen LogP contribution in [-0.2, 0) is 6.42 Å². The van der Waals surface area contributed by atoms with E-state index in [1.807, 2.05) is 51.4 Å². The fourth-order valence-electron chi connectivity index (χ4n) is 2.63. The first-order valence-corrected chi connectivity index (χ1v) is 8.94. The number of hydrogen-bond acceptors (Lipinski definition) is 3. The van der Waals surface area contributed by atoms with E-state index in [0.717, 1.165) is 36.7 Å². The van der Waals surface area contributed by atoms with Crippen molar-refractivity contribution in [3.8, 4) is 0 Å². The Labute approximate surface area is 155 Å². The molecule has 0 amide bonds. The Morgan fingerprint density at radius 3 is 2.54 bits per heavy atom. The van der Waals surface area contributed by atoms with Gasteiger partial charge in [0, 0.05) is 31.4 Å². The fraction of sp³-hybridized carbons (Fsp3) is 0.400. The number of halogens is 1. The van der Waals surface area contributed by atoms with Crippen molar-refractivity contribution >= 4 is 5.96 Å². The van der Waals surface area contributed by atoms with Gasteiger partial charge in [0.25, 0.3) is 0 Å². The highest BCUT2D eigenvalue weighted by molar-refractivity contribution is 5.79. The van der Waals surface area contributed by atoms with Gasteiger partial charge in [0.2, 0.25) is 0 Å². The molecule has 0 saturated carbocycles. The van der Waals surface area contributed by atoms with Crippen LogP contribution in [0, 0.1) is 5.82 Å². The number of likely N-dealkylation sites (N-methyl/N-ethyl adjacent to an activating group) is 1. The quantitative estimate of drug-likeness (QED) is 0.563. The molecular weight excluding hydrogens is 329 g/mol. The summed E-state index contributed by atoms with van der Waals surface area (Å²) in [4.78, 5) is 11.1. The van der Waals surface area contributed by atoms with E-state index in [4.69, 9.17) is 4.99 Å². The highest BCUT2D eigenvalue weighted by Gasteiger charge is 2.14. The van der Waals surface area contributed by atoms with Crippen LogP contribution in [-0.4, -0.2) is 49.6 Å². The van der Waals surface area contributed by atoms with Crippen molar-refractivity contribution in [3.63, 3.8) is 0 Å². The van der Waals surface area contributed by atoms with Crippen LogP contribution in [0.4, 0.5) is 4.39 Å². The number of rotatable bonds is 8. The lowest BCUT2D eigenvalue weighted by molar-refractivity contribution is 0.306. The van der Waals surface area contributed by atoms with Gasteiger partial charge >= 0.3 is 0 Å². The molecule has 0 aliphatic rings. The summed E-state index contributed by atoms with van der Waals surface area (Å²) >= 11 is 0. The smallest absolute Gasteiger partial charge is 0.191 e. The molecule has 6 heteroatoms. The predicted molar refractivity (Wildman–Crippen MR) is 105 cm³/mol. The summed E-state index contributed by atoms with van der Waals surface area (Å²) in [7, 11) is 4.01. The minimum absolute atomic E-state index is 0.0850. The molecule has 1 heterocycles. The molecular formula is C20H28FN5. The third-order valence-electron chi connectivity index (χ3n) is 4.04. The van der Waals surface area contributed by atoms with Crippen LogP contribution < -0.4 is 10.6 Å². The fourth-order valence-corrected chi connectivity index (χ4v) is 2.63. The number of nitrogens with zero attached hydrogens (tertiary/aromatic N) is 3. The Hall–Kier alpha value is -2.47. The summed E-state index contributed by atoms with van der Waals surface area (Å²) in [5.74, 6) is 0.552. The molecule has 1 atom stereocenters. The van der Waals surface area contributed by atoms with E-state index in [0.29, 0.717) is 6.54 Å². The van der Waals surface area contributed by atoms with Crippen molar-refractivity contribution in [2.75, 3.05) is 33.7 Å². The molecule has 0 aliphatic heterocycles. The summed E-state index contributed by atoms with van der Waals surface area (Å²) in [6.45, 7) is 4.17. The van der Waals surface area contributed by atoms with Crippen LogP contribution in [0.3, 0.4) is 0 Å². The SMILES string of the molecule is CCNC(=NCC(c1ccc(F)cc1)N(C)C)NCCc1ccccn1. The van der Waals surface area contributed by atoms with Crippen molar-refractivity contribution in [2.24, 2.45) is 4.99 Å². The monoisotopic (exact) mass is 357 g/mol. The molecule has 1 aromatic carbocycles. The van der Waals surface area contributed by atoms with Gasteiger partial charge in [-0.05, 0) is 50.8 Å². The number of pyridine rings is 1. The summed E-state index contributed by atoms with van der Waals surface area (Å²) in [6, 6.07) is 12.6. The number of guanidine groups is 1. The first-order chi connectivity index (χ1) is 12.6. The molecule has 0 spiro atoms. The third-order valence-corrected chi connectivity index (χ3v) is 4.04. The molecule has 5 nitrogen and oxygen atoms in total. The summed E-state index contributed by atoms with van der Waals surface area (Å²) in [5.41, 5.74) is 2.10. The zero-order chi connectivity index (χ0) is 18.8.